The molecule has 0 saturated carbocycles. The second-order valence-electron chi connectivity index (χ2n) is 9.62. The van der Waals surface area contributed by atoms with Gasteiger partial charge in [-0.15, -0.1) is 0 Å². The lowest BCUT2D eigenvalue weighted by molar-refractivity contribution is -0.116. The molecule has 1 aliphatic heterocycles. The number of benzene rings is 2. The SMILES string of the molecule is Cc1ccc(NC(=O)CCN2C(=S)N[C@@H](c3ccccn3)[C@H]2c2cc(C)n(-c3ccc(Cl)cc3)c2C)cc1. The Kier molecular flexibility index (Phi) is 7.49. The van der Waals surface area contributed by atoms with E-state index in [1.165, 1.54) is 0 Å². The number of nitrogens with zero attached hydrogens (tertiary/aromatic N) is 3. The van der Waals surface area contributed by atoms with Crippen molar-refractivity contribution in [3.8, 4) is 5.69 Å². The van der Waals surface area contributed by atoms with E-state index >= 15 is 0 Å². The summed E-state index contributed by atoms with van der Waals surface area (Å²) >= 11 is 12.0. The molecule has 2 N–H and O–H groups in total. The first-order valence-electron chi connectivity index (χ1n) is 12.6. The van der Waals surface area contributed by atoms with Gasteiger partial charge in [-0.05, 0) is 93.1 Å². The fraction of sp³-hybridized carbons (Fsp3) is 0.233. The molecule has 3 heterocycles. The van der Waals surface area contributed by atoms with Gasteiger partial charge in [0, 0.05) is 46.9 Å². The van der Waals surface area contributed by atoms with E-state index < -0.39 is 0 Å². The molecular formula is C30H30ClN5OS. The van der Waals surface area contributed by atoms with Crippen molar-refractivity contribution in [3.63, 3.8) is 0 Å². The minimum absolute atomic E-state index is 0.0525. The molecule has 1 fully saturated rings. The van der Waals surface area contributed by atoms with Gasteiger partial charge in [0.15, 0.2) is 5.11 Å². The highest BCUT2D eigenvalue weighted by atomic mass is 35.5. The number of nitrogens with one attached hydrogen (secondary N) is 2. The molecule has 0 aliphatic carbocycles. The van der Waals surface area contributed by atoms with Crippen molar-refractivity contribution in [2.45, 2.75) is 39.3 Å². The number of thiocarbonyl (C=S) groups is 1. The van der Waals surface area contributed by atoms with Gasteiger partial charge in [-0.25, -0.2) is 0 Å². The Bertz CT molecular complexity index is 1450. The summed E-state index contributed by atoms with van der Waals surface area (Å²) in [6.07, 6.45) is 2.10. The van der Waals surface area contributed by atoms with Crippen molar-refractivity contribution in [2.24, 2.45) is 0 Å². The third-order valence-corrected chi connectivity index (χ3v) is 7.59. The molecule has 2 atom stereocenters. The third-order valence-electron chi connectivity index (χ3n) is 6.99. The van der Waals surface area contributed by atoms with E-state index in [4.69, 9.17) is 23.8 Å². The van der Waals surface area contributed by atoms with E-state index in [2.05, 4.69) is 45.0 Å². The van der Waals surface area contributed by atoms with Gasteiger partial charge in [0.2, 0.25) is 5.91 Å². The Balaban J connectivity index is 1.46. The molecule has 0 bridgehead atoms. The lowest BCUT2D eigenvalue weighted by Gasteiger charge is -2.28. The summed E-state index contributed by atoms with van der Waals surface area (Å²) in [5, 5.41) is 7.80. The molecule has 6 nitrogen and oxygen atoms in total. The van der Waals surface area contributed by atoms with Crippen LogP contribution < -0.4 is 10.6 Å². The van der Waals surface area contributed by atoms with Crippen LogP contribution in [0, 0.1) is 20.8 Å². The van der Waals surface area contributed by atoms with E-state index in [-0.39, 0.29) is 18.0 Å². The quantitative estimate of drug-likeness (QED) is 0.262. The van der Waals surface area contributed by atoms with Crippen molar-refractivity contribution in [1.82, 2.24) is 19.8 Å². The first-order valence-corrected chi connectivity index (χ1v) is 13.4. The molecule has 1 saturated heterocycles. The predicted octanol–water partition coefficient (Wildman–Crippen LogP) is 6.45. The van der Waals surface area contributed by atoms with Crippen LogP contribution >= 0.6 is 23.8 Å². The number of pyridine rings is 1. The summed E-state index contributed by atoms with van der Waals surface area (Å²) in [6.45, 7) is 6.72. The number of aryl methyl sites for hydroxylation is 2. The monoisotopic (exact) mass is 543 g/mol. The maximum absolute atomic E-state index is 12.9. The van der Waals surface area contributed by atoms with Gasteiger partial charge in [0.05, 0.1) is 17.8 Å². The maximum Gasteiger partial charge on any atom is 0.226 e. The summed E-state index contributed by atoms with van der Waals surface area (Å²) in [4.78, 5) is 19.6. The molecule has 5 rings (SSSR count). The minimum Gasteiger partial charge on any atom is -0.352 e. The van der Waals surface area contributed by atoms with Gasteiger partial charge in [0.25, 0.3) is 0 Å². The molecule has 0 unspecified atom stereocenters. The normalized spacial score (nSPS) is 16.9. The summed E-state index contributed by atoms with van der Waals surface area (Å²) < 4.78 is 2.23. The topological polar surface area (TPSA) is 62.2 Å². The zero-order chi connectivity index (χ0) is 26.8. The van der Waals surface area contributed by atoms with Crippen molar-refractivity contribution < 1.29 is 4.79 Å². The smallest absolute Gasteiger partial charge is 0.226 e. The average molecular weight is 544 g/mol. The van der Waals surface area contributed by atoms with Gasteiger partial charge in [-0.2, -0.15) is 0 Å². The number of rotatable bonds is 7. The number of hydrogen-bond acceptors (Lipinski definition) is 3. The number of anilines is 1. The van der Waals surface area contributed by atoms with Crippen LogP contribution in [0.4, 0.5) is 5.69 Å². The van der Waals surface area contributed by atoms with Crippen molar-refractivity contribution in [1.29, 1.82) is 0 Å². The molecular weight excluding hydrogens is 514 g/mol. The van der Waals surface area contributed by atoms with Crippen molar-refractivity contribution >= 4 is 40.5 Å². The lowest BCUT2D eigenvalue weighted by Crippen LogP contribution is -2.32. The van der Waals surface area contributed by atoms with Crippen LogP contribution in [0.2, 0.25) is 5.02 Å². The number of halogens is 1. The summed E-state index contributed by atoms with van der Waals surface area (Å²) in [7, 11) is 0. The molecule has 4 aromatic rings. The Morgan fingerprint density at radius 2 is 1.79 bits per heavy atom. The lowest BCUT2D eigenvalue weighted by atomic mass is 9.96. The number of amides is 1. The fourth-order valence-electron chi connectivity index (χ4n) is 5.14. The fourth-order valence-corrected chi connectivity index (χ4v) is 5.60. The van der Waals surface area contributed by atoms with E-state index in [1.807, 2.05) is 73.7 Å². The average Bonchev–Trinajstić information content (AvgIpc) is 3.39. The van der Waals surface area contributed by atoms with Crippen LogP contribution in [0.5, 0.6) is 0 Å². The van der Waals surface area contributed by atoms with Crippen LogP contribution in [0.15, 0.2) is 79.0 Å². The zero-order valence-corrected chi connectivity index (χ0v) is 23.2. The molecule has 0 radical (unpaired) electrons. The molecule has 194 valence electrons. The Morgan fingerprint density at radius 3 is 2.47 bits per heavy atom. The number of hydrogen-bond donors (Lipinski definition) is 2. The number of carbonyl (C=O) groups excluding carboxylic acids is 1. The number of carbonyl (C=O) groups is 1. The number of aromatic nitrogens is 2. The van der Waals surface area contributed by atoms with Gasteiger partial charge in [-0.3, -0.25) is 9.78 Å². The van der Waals surface area contributed by atoms with Crippen LogP contribution in [-0.2, 0) is 4.79 Å². The molecule has 1 aliphatic rings. The Morgan fingerprint density at radius 1 is 1.05 bits per heavy atom. The highest BCUT2D eigenvalue weighted by Crippen LogP contribution is 2.41. The van der Waals surface area contributed by atoms with E-state index in [1.54, 1.807) is 6.20 Å². The second kappa shape index (κ2) is 11.0. The van der Waals surface area contributed by atoms with E-state index in [0.29, 0.717) is 23.1 Å². The van der Waals surface area contributed by atoms with Crippen LogP contribution in [0.3, 0.4) is 0 Å². The molecule has 0 spiro atoms. The maximum atomic E-state index is 12.9. The minimum atomic E-state index is -0.150. The predicted molar refractivity (Wildman–Crippen MR) is 157 cm³/mol. The van der Waals surface area contributed by atoms with Crippen LogP contribution in [0.25, 0.3) is 5.69 Å². The Hall–Kier alpha value is -3.68. The molecule has 8 heteroatoms. The first-order chi connectivity index (χ1) is 18.3. The zero-order valence-electron chi connectivity index (χ0n) is 21.6. The largest absolute Gasteiger partial charge is 0.352 e. The van der Waals surface area contributed by atoms with Crippen LogP contribution in [-0.4, -0.2) is 32.0 Å². The van der Waals surface area contributed by atoms with Gasteiger partial charge < -0.3 is 20.1 Å². The highest BCUT2D eigenvalue weighted by Gasteiger charge is 2.41. The second-order valence-corrected chi connectivity index (χ2v) is 10.4. The molecule has 2 aromatic carbocycles. The third kappa shape index (κ3) is 5.30. The molecule has 38 heavy (non-hydrogen) atoms. The molecule has 2 aromatic heterocycles. The van der Waals surface area contributed by atoms with Gasteiger partial charge in [0.1, 0.15) is 0 Å². The van der Waals surface area contributed by atoms with Crippen LogP contribution in [0.1, 0.15) is 46.7 Å². The van der Waals surface area contributed by atoms with E-state index in [0.717, 1.165) is 39.6 Å². The summed E-state index contributed by atoms with van der Waals surface area (Å²) in [6, 6.07) is 23.5. The summed E-state index contributed by atoms with van der Waals surface area (Å²) in [5.74, 6) is -0.0525. The summed E-state index contributed by atoms with van der Waals surface area (Å²) in [5.41, 5.74) is 7.24. The first kappa shape index (κ1) is 25.9. The van der Waals surface area contributed by atoms with E-state index in [9.17, 15) is 4.79 Å². The standard InChI is InChI=1S/C30H30ClN5OS/c1-19-7-11-23(12-8-19)33-27(37)15-17-35-29(28(34-30(35)38)26-6-4-5-16-32-26)25-18-20(2)36(21(25)3)24-13-9-22(31)10-14-24/h4-14,16,18,28-29H,15,17H2,1-3H3,(H,33,37)(H,34,38)/t28-,29+/m0/s1. The van der Waals surface area contributed by atoms with Gasteiger partial charge in [-0.1, -0.05) is 35.4 Å². The molecule has 1 amide bonds. The van der Waals surface area contributed by atoms with Crippen molar-refractivity contribution in [3.05, 3.63) is 112 Å². The van der Waals surface area contributed by atoms with Crippen molar-refractivity contribution in [2.75, 3.05) is 11.9 Å². The van der Waals surface area contributed by atoms with Gasteiger partial charge >= 0.3 is 0 Å². The highest BCUT2D eigenvalue weighted by molar-refractivity contribution is 7.80. The Labute approximate surface area is 233 Å².